The van der Waals surface area contributed by atoms with Crippen molar-refractivity contribution in [1.82, 2.24) is 9.55 Å². The molecule has 0 aliphatic carbocycles. The maximum atomic E-state index is 12.6. The summed E-state index contributed by atoms with van der Waals surface area (Å²) < 4.78 is 39.1. The van der Waals surface area contributed by atoms with Crippen molar-refractivity contribution in [1.29, 1.82) is 0 Å². The zero-order valence-electron chi connectivity index (χ0n) is 10.2. The standard InChI is InChI=1S/C13H12ClF3N2/c1-19-8-11(13(15,16)17)18-12(19)10-4-2-9(3-5-10)6-7-14/h2-5,8H,6-7H2,1H3. The average Bonchev–Trinajstić information content (AvgIpc) is 2.73. The van der Waals surface area contributed by atoms with Crippen molar-refractivity contribution in [3.8, 4) is 11.4 Å². The van der Waals surface area contributed by atoms with Gasteiger partial charge < -0.3 is 4.57 Å². The Bertz CT molecular complexity index is 558. The molecule has 0 saturated carbocycles. The molecule has 2 aromatic rings. The first kappa shape index (κ1) is 13.9. The van der Waals surface area contributed by atoms with E-state index >= 15 is 0 Å². The minimum absolute atomic E-state index is 0.296. The summed E-state index contributed by atoms with van der Waals surface area (Å²) in [5, 5.41) is 0. The summed E-state index contributed by atoms with van der Waals surface area (Å²) in [5.41, 5.74) is 0.815. The second-order valence-electron chi connectivity index (χ2n) is 4.19. The fourth-order valence-electron chi connectivity index (χ4n) is 1.80. The van der Waals surface area contributed by atoms with E-state index in [-0.39, 0.29) is 0 Å². The zero-order valence-corrected chi connectivity index (χ0v) is 11.0. The van der Waals surface area contributed by atoms with Crippen LogP contribution >= 0.6 is 11.6 Å². The van der Waals surface area contributed by atoms with E-state index in [1.54, 1.807) is 19.2 Å². The Hall–Kier alpha value is -1.49. The summed E-state index contributed by atoms with van der Waals surface area (Å²) in [4.78, 5) is 3.64. The summed E-state index contributed by atoms with van der Waals surface area (Å²) in [6, 6.07) is 7.20. The lowest BCUT2D eigenvalue weighted by Gasteiger charge is -2.03. The molecule has 0 atom stereocenters. The normalized spacial score (nSPS) is 11.8. The molecule has 1 heterocycles. The van der Waals surface area contributed by atoms with Crippen molar-refractivity contribution in [2.45, 2.75) is 12.6 Å². The van der Waals surface area contributed by atoms with Crippen LogP contribution in [0.5, 0.6) is 0 Å². The van der Waals surface area contributed by atoms with Gasteiger partial charge in [-0.25, -0.2) is 4.98 Å². The molecule has 0 N–H and O–H groups in total. The van der Waals surface area contributed by atoms with Crippen LogP contribution in [0.4, 0.5) is 13.2 Å². The second-order valence-corrected chi connectivity index (χ2v) is 4.57. The minimum Gasteiger partial charge on any atom is -0.333 e. The van der Waals surface area contributed by atoms with Crippen LogP contribution in [0.25, 0.3) is 11.4 Å². The van der Waals surface area contributed by atoms with Gasteiger partial charge in [-0.2, -0.15) is 13.2 Å². The van der Waals surface area contributed by atoms with Gasteiger partial charge in [0.1, 0.15) is 5.82 Å². The Morgan fingerprint density at radius 2 is 1.84 bits per heavy atom. The van der Waals surface area contributed by atoms with Crippen LogP contribution in [0.2, 0.25) is 0 Å². The molecule has 0 bridgehead atoms. The minimum atomic E-state index is -4.42. The highest BCUT2D eigenvalue weighted by atomic mass is 35.5. The van der Waals surface area contributed by atoms with Crippen molar-refractivity contribution in [3.63, 3.8) is 0 Å². The zero-order chi connectivity index (χ0) is 14.0. The van der Waals surface area contributed by atoms with Gasteiger partial charge in [0.2, 0.25) is 0 Å². The second kappa shape index (κ2) is 5.25. The molecule has 1 aromatic carbocycles. The van der Waals surface area contributed by atoms with Gasteiger partial charge in [0.25, 0.3) is 0 Å². The van der Waals surface area contributed by atoms with Crippen molar-refractivity contribution in [2.75, 3.05) is 5.88 Å². The van der Waals surface area contributed by atoms with Crippen LogP contribution in [0.3, 0.4) is 0 Å². The quantitative estimate of drug-likeness (QED) is 0.784. The Kier molecular flexibility index (Phi) is 3.85. The number of halogens is 4. The van der Waals surface area contributed by atoms with Gasteiger partial charge in [0.05, 0.1) is 0 Å². The maximum Gasteiger partial charge on any atom is 0.434 e. The number of imidazole rings is 1. The number of benzene rings is 1. The third kappa shape index (κ3) is 3.10. The number of alkyl halides is 4. The Morgan fingerprint density at radius 1 is 1.21 bits per heavy atom. The molecule has 6 heteroatoms. The Morgan fingerprint density at radius 3 is 2.32 bits per heavy atom. The third-order valence-electron chi connectivity index (χ3n) is 2.76. The van der Waals surface area contributed by atoms with Crippen LogP contribution in [-0.2, 0) is 19.6 Å². The number of hydrogen-bond acceptors (Lipinski definition) is 1. The largest absolute Gasteiger partial charge is 0.434 e. The van der Waals surface area contributed by atoms with E-state index in [0.717, 1.165) is 18.2 Å². The van der Waals surface area contributed by atoms with E-state index in [1.165, 1.54) is 4.57 Å². The molecule has 0 aliphatic heterocycles. The topological polar surface area (TPSA) is 17.8 Å². The van der Waals surface area contributed by atoms with E-state index in [2.05, 4.69) is 4.98 Å². The van der Waals surface area contributed by atoms with Gasteiger partial charge in [-0.3, -0.25) is 0 Å². The SMILES string of the molecule is Cn1cc(C(F)(F)F)nc1-c1ccc(CCCl)cc1. The molecule has 19 heavy (non-hydrogen) atoms. The highest BCUT2D eigenvalue weighted by molar-refractivity contribution is 6.17. The molecular weight excluding hydrogens is 277 g/mol. The van der Waals surface area contributed by atoms with Crippen molar-refractivity contribution < 1.29 is 13.2 Å². The molecule has 0 radical (unpaired) electrons. The van der Waals surface area contributed by atoms with E-state index in [0.29, 0.717) is 17.3 Å². The van der Waals surface area contributed by atoms with Crippen LogP contribution in [0.15, 0.2) is 30.5 Å². The fourth-order valence-corrected chi connectivity index (χ4v) is 2.02. The molecule has 1 aromatic heterocycles. The average molecular weight is 289 g/mol. The Labute approximate surface area is 113 Å². The van der Waals surface area contributed by atoms with Gasteiger partial charge in [-0.1, -0.05) is 24.3 Å². The first-order chi connectivity index (χ1) is 8.91. The summed E-state index contributed by atoms with van der Waals surface area (Å²) >= 11 is 5.63. The first-order valence-corrected chi connectivity index (χ1v) is 6.21. The fraction of sp³-hybridized carbons (Fsp3) is 0.308. The van der Waals surface area contributed by atoms with Gasteiger partial charge in [-0.15, -0.1) is 11.6 Å². The molecule has 102 valence electrons. The molecule has 0 aliphatic rings. The van der Waals surface area contributed by atoms with E-state index in [4.69, 9.17) is 11.6 Å². The Balaban J connectivity index is 2.34. The molecule has 0 saturated heterocycles. The van der Waals surface area contributed by atoms with E-state index < -0.39 is 11.9 Å². The van der Waals surface area contributed by atoms with E-state index in [9.17, 15) is 13.2 Å². The smallest absolute Gasteiger partial charge is 0.333 e. The number of aryl methyl sites for hydroxylation is 2. The summed E-state index contributed by atoms with van der Waals surface area (Å²) in [7, 11) is 1.55. The van der Waals surface area contributed by atoms with Crippen molar-refractivity contribution in [2.24, 2.45) is 7.05 Å². The first-order valence-electron chi connectivity index (χ1n) is 5.67. The van der Waals surface area contributed by atoms with Crippen LogP contribution in [0.1, 0.15) is 11.3 Å². The van der Waals surface area contributed by atoms with Gasteiger partial charge >= 0.3 is 6.18 Å². The lowest BCUT2D eigenvalue weighted by molar-refractivity contribution is -0.140. The molecule has 2 nitrogen and oxygen atoms in total. The highest BCUT2D eigenvalue weighted by Gasteiger charge is 2.34. The van der Waals surface area contributed by atoms with Gasteiger partial charge in [-0.05, 0) is 12.0 Å². The lowest BCUT2D eigenvalue weighted by atomic mass is 10.1. The lowest BCUT2D eigenvalue weighted by Crippen LogP contribution is -2.04. The van der Waals surface area contributed by atoms with Crippen LogP contribution in [0, 0.1) is 0 Å². The monoisotopic (exact) mass is 288 g/mol. The van der Waals surface area contributed by atoms with Gasteiger partial charge in [0.15, 0.2) is 5.69 Å². The summed E-state index contributed by atoms with van der Waals surface area (Å²) in [6.07, 6.45) is -2.70. The molecule has 0 unspecified atom stereocenters. The molecule has 0 spiro atoms. The number of rotatable bonds is 3. The van der Waals surface area contributed by atoms with Crippen LogP contribution in [-0.4, -0.2) is 15.4 Å². The van der Waals surface area contributed by atoms with Crippen molar-refractivity contribution >= 4 is 11.6 Å². The predicted molar refractivity (Wildman–Crippen MR) is 68.1 cm³/mol. The molecule has 0 fully saturated rings. The highest BCUT2D eigenvalue weighted by Crippen LogP contribution is 2.30. The third-order valence-corrected chi connectivity index (χ3v) is 2.95. The predicted octanol–water partition coefficient (Wildman–Crippen LogP) is 3.89. The number of hydrogen-bond donors (Lipinski definition) is 0. The van der Waals surface area contributed by atoms with Crippen LogP contribution < -0.4 is 0 Å². The summed E-state index contributed by atoms with van der Waals surface area (Å²) in [6.45, 7) is 0. The number of nitrogens with zero attached hydrogens (tertiary/aromatic N) is 2. The molecule has 2 rings (SSSR count). The van der Waals surface area contributed by atoms with Crippen molar-refractivity contribution in [3.05, 3.63) is 41.7 Å². The summed E-state index contributed by atoms with van der Waals surface area (Å²) in [5.74, 6) is 0.810. The van der Waals surface area contributed by atoms with Gasteiger partial charge in [0, 0.05) is 24.7 Å². The van der Waals surface area contributed by atoms with E-state index in [1.807, 2.05) is 12.1 Å². The number of aromatic nitrogens is 2. The molecular formula is C13H12ClF3N2. The molecule has 0 amide bonds. The maximum absolute atomic E-state index is 12.6.